The Morgan fingerprint density at radius 3 is 2.65 bits per heavy atom. The Bertz CT molecular complexity index is 1180. The molecule has 1 amide bonds. The van der Waals surface area contributed by atoms with Crippen LogP contribution < -0.4 is 22.3 Å². The lowest BCUT2D eigenvalue weighted by molar-refractivity contribution is -0.151. The minimum atomic E-state index is -0.842. The fourth-order valence-corrected chi connectivity index (χ4v) is 3.24. The number of H-pyrrole nitrogens is 1. The Morgan fingerprint density at radius 1 is 1.21 bits per heavy atom. The molecule has 0 fully saturated rings. The van der Waals surface area contributed by atoms with E-state index in [9.17, 15) is 14.4 Å². The maximum atomic E-state index is 12.5. The minimum Gasteiger partial charge on any atom is -0.462 e. The monoisotopic (exact) mass is 471 g/mol. The van der Waals surface area contributed by atoms with Crippen molar-refractivity contribution in [2.75, 3.05) is 18.9 Å². The number of hydrogen-bond acceptors (Lipinski definition) is 9. The van der Waals surface area contributed by atoms with Crippen molar-refractivity contribution in [2.24, 2.45) is 11.7 Å². The molecule has 0 bridgehead atoms. The van der Waals surface area contributed by atoms with Gasteiger partial charge in [0.2, 0.25) is 11.9 Å². The topological polar surface area (TPSA) is 180 Å². The largest absolute Gasteiger partial charge is 0.462 e. The quantitative estimate of drug-likeness (QED) is 0.220. The third kappa shape index (κ3) is 6.39. The molecule has 0 saturated heterocycles. The van der Waals surface area contributed by atoms with Crippen molar-refractivity contribution in [2.45, 2.75) is 39.1 Å². The lowest BCUT2D eigenvalue weighted by Gasteiger charge is -2.22. The number of carbonyl (C=O) groups excluding carboxylic acids is 2. The summed E-state index contributed by atoms with van der Waals surface area (Å²) < 4.78 is 12.3. The molecule has 182 valence electrons. The first-order chi connectivity index (χ1) is 16.3. The molecule has 3 rings (SSSR count). The van der Waals surface area contributed by atoms with E-state index in [2.05, 4.69) is 20.3 Å². The zero-order valence-corrected chi connectivity index (χ0v) is 19.1. The summed E-state index contributed by atoms with van der Waals surface area (Å²) in [6, 6.07) is 7.77. The van der Waals surface area contributed by atoms with E-state index < -0.39 is 29.5 Å². The highest BCUT2D eigenvalue weighted by Gasteiger charge is 2.27. The van der Waals surface area contributed by atoms with Gasteiger partial charge in [0, 0.05) is 0 Å². The highest BCUT2D eigenvalue weighted by atomic mass is 16.6. The zero-order valence-electron chi connectivity index (χ0n) is 19.1. The Hall–Kier alpha value is -3.77. The van der Waals surface area contributed by atoms with Crippen LogP contribution in [0.15, 0.2) is 41.5 Å². The maximum Gasteiger partial charge on any atom is 0.328 e. The fourth-order valence-electron chi connectivity index (χ4n) is 3.24. The van der Waals surface area contributed by atoms with Crippen LogP contribution in [0.5, 0.6) is 0 Å². The standard InChI is InChI=1S/C22H29N7O5/c1-13(2)16(26-19(30)15(23)10-14-6-4-3-5-7-14)21(32)34-9-8-33-12-29-11-25-17-18(29)27-22(24)28-20(17)31/h3-7,11,13,15-16H,8-10,12,23H2,1-2H3,(H,26,30)(H3,24,27,28,31)/t15-,16-/m0/s1. The molecule has 0 aliphatic carbocycles. The summed E-state index contributed by atoms with van der Waals surface area (Å²) in [6.45, 7) is 3.68. The number of nitrogens with zero attached hydrogens (tertiary/aromatic N) is 3. The predicted molar refractivity (Wildman–Crippen MR) is 124 cm³/mol. The van der Waals surface area contributed by atoms with Crippen molar-refractivity contribution < 1.29 is 19.1 Å². The van der Waals surface area contributed by atoms with Gasteiger partial charge in [-0.05, 0) is 17.9 Å². The van der Waals surface area contributed by atoms with Gasteiger partial charge in [0.05, 0.1) is 19.0 Å². The van der Waals surface area contributed by atoms with Crippen LogP contribution in [-0.2, 0) is 32.2 Å². The van der Waals surface area contributed by atoms with Crippen LogP contribution in [-0.4, -0.2) is 56.7 Å². The summed E-state index contributed by atoms with van der Waals surface area (Å²) in [5, 5.41) is 2.69. The van der Waals surface area contributed by atoms with Crippen molar-refractivity contribution in [1.82, 2.24) is 24.8 Å². The first kappa shape index (κ1) is 24.9. The van der Waals surface area contributed by atoms with Crippen molar-refractivity contribution in [3.8, 4) is 0 Å². The van der Waals surface area contributed by atoms with Crippen LogP contribution in [0.1, 0.15) is 19.4 Å². The van der Waals surface area contributed by atoms with Gasteiger partial charge in [0.25, 0.3) is 5.56 Å². The molecule has 2 aromatic heterocycles. The van der Waals surface area contributed by atoms with Gasteiger partial charge in [-0.15, -0.1) is 0 Å². The first-order valence-electron chi connectivity index (χ1n) is 10.8. The smallest absolute Gasteiger partial charge is 0.328 e. The number of amides is 1. The molecular weight excluding hydrogens is 442 g/mol. The summed E-state index contributed by atoms with van der Waals surface area (Å²) in [6.07, 6.45) is 1.76. The van der Waals surface area contributed by atoms with E-state index in [1.807, 2.05) is 30.3 Å². The number of imidazole rings is 1. The van der Waals surface area contributed by atoms with Crippen LogP contribution in [0.4, 0.5) is 5.95 Å². The lowest BCUT2D eigenvalue weighted by Crippen LogP contribution is -2.51. The molecule has 12 nitrogen and oxygen atoms in total. The Labute approximate surface area is 195 Å². The Morgan fingerprint density at radius 2 is 1.94 bits per heavy atom. The highest BCUT2D eigenvalue weighted by Crippen LogP contribution is 2.08. The number of aromatic nitrogens is 4. The lowest BCUT2D eigenvalue weighted by atomic mass is 10.0. The number of hydrogen-bond donors (Lipinski definition) is 4. The van der Waals surface area contributed by atoms with E-state index in [0.717, 1.165) is 5.56 Å². The van der Waals surface area contributed by atoms with Crippen molar-refractivity contribution in [3.05, 3.63) is 52.6 Å². The third-order valence-electron chi connectivity index (χ3n) is 5.05. The Kier molecular flexibility index (Phi) is 8.33. The highest BCUT2D eigenvalue weighted by molar-refractivity contribution is 5.87. The number of esters is 1. The summed E-state index contributed by atoms with van der Waals surface area (Å²) >= 11 is 0. The van der Waals surface area contributed by atoms with E-state index in [4.69, 9.17) is 20.9 Å². The van der Waals surface area contributed by atoms with Crippen LogP contribution in [0.2, 0.25) is 0 Å². The number of benzene rings is 1. The number of rotatable bonds is 11. The molecule has 0 spiro atoms. The second-order valence-corrected chi connectivity index (χ2v) is 8.07. The number of nitrogens with one attached hydrogen (secondary N) is 2. The van der Waals surface area contributed by atoms with Crippen LogP contribution >= 0.6 is 0 Å². The number of ether oxygens (including phenoxy) is 2. The fraction of sp³-hybridized carbons (Fsp3) is 0.409. The summed E-state index contributed by atoms with van der Waals surface area (Å²) in [5.74, 6) is -1.23. The van der Waals surface area contributed by atoms with E-state index in [0.29, 0.717) is 6.42 Å². The van der Waals surface area contributed by atoms with Gasteiger partial charge in [0.1, 0.15) is 19.4 Å². The minimum absolute atomic E-state index is 0.0292. The normalized spacial score (nSPS) is 13.1. The SMILES string of the molecule is CC(C)[C@H](NC(=O)[C@@H](N)Cc1ccccc1)C(=O)OCCOCn1cnc2c(=O)[nH]c(N)nc21. The molecule has 0 aliphatic rings. The molecule has 0 radical (unpaired) electrons. The maximum absolute atomic E-state index is 12.5. The van der Waals surface area contributed by atoms with Crippen molar-refractivity contribution >= 4 is 29.0 Å². The Balaban J connectivity index is 1.45. The number of nitrogens with two attached hydrogens (primary N) is 2. The number of anilines is 1. The van der Waals surface area contributed by atoms with Crippen LogP contribution in [0.25, 0.3) is 11.2 Å². The second-order valence-electron chi connectivity index (χ2n) is 8.07. The van der Waals surface area contributed by atoms with Gasteiger partial charge >= 0.3 is 5.97 Å². The molecule has 2 heterocycles. The molecule has 6 N–H and O–H groups in total. The van der Waals surface area contributed by atoms with Gasteiger partial charge in [-0.2, -0.15) is 4.98 Å². The average Bonchev–Trinajstić information content (AvgIpc) is 3.20. The molecule has 3 aromatic rings. The molecule has 1 aromatic carbocycles. The summed E-state index contributed by atoms with van der Waals surface area (Å²) in [7, 11) is 0. The summed E-state index contributed by atoms with van der Waals surface area (Å²) in [5.41, 5.74) is 12.5. The van der Waals surface area contributed by atoms with Crippen LogP contribution in [0.3, 0.4) is 0 Å². The summed E-state index contributed by atoms with van der Waals surface area (Å²) in [4.78, 5) is 47.2. The van der Waals surface area contributed by atoms with E-state index in [1.54, 1.807) is 13.8 Å². The molecule has 0 unspecified atom stereocenters. The molecule has 34 heavy (non-hydrogen) atoms. The molecular formula is C22H29N7O5. The van der Waals surface area contributed by atoms with E-state index in [1.165, 1.54) is 10.9 Å². The number of aromatic amines is 1. The van der Waals surface area contributed by atoms with Gasteiger partial charge < -0.3 is 26.3 Å². The van der Waals surface area contributed by atoms with Gasteiger partial charge in [0.15, 0.2) is 11.2 Å². The van der Waals surface area contributed by atoms with Gasteiger partial charge in [-0.3, -0.25) is 19.1 Å². The van der Waals surface area contributed by atoms with Gasteiger partial charge in [-0.25, -0.2) is 9.78 Å². The molecule has 12 heteroatoms. The van der Waals surface area contributed by atoms with E-state index >= 15 is 0 Å². The van der Waals surface area contributed by atoms with E-state index in [-0.39, 0.29) is 43.0 Å². The number of nitrogen functional groups attached to an aromatic ring is 1. The first-order valence-corrected chi connectivity index (χ1v) is 10.8. The number of carbonyl (C=O) groups is 2. The molecule has 0 aliphatic heterocycles. The molecule has 0 saturated carbocycles. The second kappa shape index (κ2) is 11.4. The predicted octanol–water partition coefficient (Wildman–Crippen LogP) is -0.0701. The van der Waals surface area contributed by atoms with Crippen molar-refractivity contribution in [1.29, 1.82) is 0 Å². The third-order valence-corrected chi connectivity index (χ3v) is 5.05. The van der Waals surface area contributed by atoms with Crippen LogP contribution in [0, 0.1) is 5.92 Å². The number of fused-ring (bicyclic) bond motifs is 1. The molecule has 2 atom stereocenters. The van der Waals surface area contributed by atoms with Gasteiger partial charge in [-0.1, -0.05) is 44.2 Å². The zero-order chi connectivity index (χ0) is 24.7. The van der Waals surface area contributed by atoms with Crippen molar-refractivity contribution in [3.63, 3.8) is 0 Å². The average molecular weight is 472 g/mol.